The fourth-order valence-corrected chi connectivity index (χ4v) is 3.67. The minimum atomic E-state index is -2.05. The van der Waals surface area contributed by atoms with Crippen molar-refractivity contribution in [2.75, 3.05) is 0 Å². The SMILES string of the molecule is CCC(C)CC(=O)Oc1ccc(C[C@](NC(C)CC)(OC(=O)CC(C)C)C(=O)O)cc1OC(=O)CC(C)CC. The van der Waals surface area contributed by atoms with E-state index in [0.717, 1.165) is 12.8 Å². The Hall–Kier alpha value is -2.94. The van der Waals surface area contributed by atoms with Gasteiger partial charge in [0.1, 0.15) is 0 Å². The van der Waals surface area contributed by atoms with Gasteiger partial charge in [-0.15, -0.1) is 0 Å². The Balaban J connectivity index is 3.45. The fraction of sp³-hybridized carbons (Fsp3) is 0.667. The van der Waals surface area contributed by atoms with Gasteiger partial charge in [0.05, 0.1) is 0 Å². The van der Waals surface area contributed by atoms with E-state index in [-0.39, 0.29) is 61.0 Å². The highest BCUT2D eigenvalue weighted by molar-refractivity contribution is 5.82. The zero-order chi connectivity index (χ0) is 29.8. The summed E-state index contributed by atoms with van der Waals surface area (Å²) in [5.74, 6) is -2.67. The Bertz CT molecular complexity index is 976. The quantitative estimate of drug-likeness (QED) is 0.143. The van der Waals surface area contributed by atoms with Gasteiger partial charge in [-0.05, 0) is 48.8 Å². The summed E-state index contributed by atoms with van der Waals surface area (Å²) in [5.41, 5.74) is -1.63. The third kappa shape index (κ3) is 11.8. The van der Waals surface area contributed by atoms with E-state index in [0.29, 0.717) is 12.0 Å². The molecule has 0 fully saturated rings. The fourth-order valence-electron chi connectivity index (χ4n) is 3.67. The molecule has 1 aromatic carbocycles. The van der Waals surface area contributed by atoms with Crippen LogP contribution in [0, 0.1) is 17.8 Å². The first kappa shape index (κ1) is 34.1. The van der Waals surface area contributed by atoms with Gasteiger partial charge >= 0.3 is 23.9 Å². The van der Waals surface area contributed by atoms with E-state index in [1.165, 1.54) is 12.1 Å². The minimum absolute atomic E-state index is 0.00893. The number of carboxylic acid groups (broad SMARTS) is 1. The van der Waals surface area contributed by atoms with E-state index in [1.807, 2.05) is 48.5 Å². The molecular formula is C30H47NO8. The number of esters is 3. The molecule has 2 N–H and O–H groups in total. The van der Waals surface area contributed by atoms with E-state index in [9.17, 15) is 24.3 Å². The van der Waals surface area contributed by atoms with E-state index in [1.54, 1.807) is 13.0 Å². The second kappa shape index (κ2) is 16.2. The largest absolute Gasteiger partial charge is 0.477 e. The molecule has 0 heterocycles. The molecule has 0 aliphatic heterocycles. The molecule has 3 unspecified atom stereocenters. The van der Waals surface area contributed by atoms with Gasteiger partial charge in [0.2, 0.25) is 0 Å². The molecule has 220 valence electrons. The molecule has 0 saturated carbocycles. The Morgan fingerprint density at radius 1 is 0.795 bits per heavy atom. The average molecular weight is 550 g/mol. The maximum Gasteiger partial charge on any atom is 0.364 e. The summed E-state index contributed by atoms with van der Waals surface area (Å²) in [6.45, 7) is 15.2. The molecule has 0 aliphatic rings. The number of aliphatic carboxylic acids is 1. The maximum atomic E-state index is 12.6. The van der Waals surface area contributed by atoms with Gasteiger partial charge < -0.3 is 19.3 Å². The number of nitrogens with one attached hydrogen (secondary N) is 1. The standard InChI is InChI=1S/C30H47NO8/c1-9-20(6)15-26(32)37-24-13-12-23(17-25(24)38-27(33)16-21(7)10-2)18-30(29(35)36,31-22(8)11-3)39-28(34)14-19(4)5/h12-13,17,19-22,31H,9-11,14-16,18H2,1-8H3,(H,35,36)/t20?,21?,22?,30-/m0/s1. The number of hydrogen-bond donors (Lipinski definition) is 2. The molecule has 0 amide bonds. The van der Waals surface area contributed by atoms with Crippen LogP contribution in [0.5, 0.6) is 11.5 Å². The van der Waals surface area contributed by atoms with Crippen LogP contribution < -0.4 is 14.8 Å². The van der Waals surface area contributed by atoms with Crippen molar-refractivity contribution >= 4 is 23.9 Å². The molecule has 9 nitrogen and oxygen atoms in total. The number of benzene rings is 1. The Morgan fingerprint density at radius 3 is 1.79 bits per heavy atom. The number of ether oxygens (including phenoxy) is 3. The zero-order valence-corrected chi connectivity index (χ0v) is 24.8. The van der Waals surface area contributed by atoms with Crippen LogP contribution >= 0.6 is 0 Å². The van der Waals surface area contributed by atoms with Crippen molar-refractivity contribution in [3.63, 3.8) is 0 Å². The minimum Gasteiger partial charge on any atom is -0.477 e. The first-order valence-corrected chi connectivity index (χ1v) is 14.0. The summed E-state index contributed by atoms with van der Waals surface area (Å²) in [6, 6.07) is 4.24. The highest BCUT2D eigenvalue weighted by atomic mass is 16.6. The van der Waals surface area contributed by atoms with Crippen LogP contribution in [0.25, 0.3) is 0 Å². The average Bonchev–Trinajstić information content (AvgIpc) is 2.84. The number of hydrogen-bond acceptors (Lipinski definition) is 8. The van der Waals surface area contributed by atoms with E-state index >= 15 is 0 Å². The Kier molecular flexibility index (Phi) is 14.2. The van der Waals surface area contributed by atoms with Crippen LogP contribution in [0.1, 0.15) is 99.5 Å². The van der Waals surface area contributed by atoms with E-state index in [4.69, 9.17) is 14.2 Å². The van der Waals surface area contributed by atoms with Gasteiger partial charge in [-0.3, -0.25) is 19.7 Å². The lowest BCUT2D eigenvalue weighted by atomic mass is 9.99. The van der Waals surface area contributed by atoms with Gasteiger partial charge in [-0.25, -0.2) is 4.79 Å². The molecule has 0 aromatic heterocycles. The van der Waals surface area contributed by atoms with Gasteiger partial charge in [-0.2, -0.15) is 0 Å². The summed E-state index contributed by atoms with van der Waals surface area (Å²) in [5, 5.41) is 13.2. The van der Waals surface area contributed by atoms with Crippen molar-refractivity contribution in [2.45, 2.75) is 112 Å². The van der Waals surface area contributed by atoms with Crippen LogP contribution in [0.3, 0.4) is 0 Å². The zero-order valence-electron chi connectivity index (χ0n) is 24.8. The lowest BCUT2D eigenvalue weighted by molar-refractivity contribution is -0.185. The van der Waals surface area contributed by atoms with Crippen LogP contribution in [0.4, 0.5) is 0 Å². The number of rotatable bonds is 17. The Labute approximate surface area is 233 Å². The van der Waals surface area contributed by atoms with Crippen LogP contribution in [-0.2, 0) is 30.3 Å². The van der Waals surface area contributed by atoms with Crippen molar-refractivity contribution in [1.82, 2.24) is 5.32 Å². The molecule has 0 aliphatic carbocycles. The van der Waals surface area contributed by atoms with Gasteiger partial charge in [0.15, 0.2) is 11.5 Å². The second-order valence-corrected chi connectivity index (χ2v) is 11.0. The topological polar surface area (TPSA) is 128 Å². The van der Waals surface area contributed by atoms with Crippen LogP contribution in [-0.4, -0.2) is 40.8 Å². The highest BCUT2D eigenvalue weighted by Crippen LogP contribution is 2.32. The van der Waals surface area contributed by atoms with E-state index in [2.05, 4.69) is 5.32 Å². The molecule has 4 atom stereocenters. The summed E-state index contributed by atoms with van der Waals surface area (Å²) < 4.78 is 16.7. The van der Waals surface area contributed by atoms with Crippen molar-refractivity contribution in [1.29, 1.82) is 0 Å². The maximum absolute atomic E-state index is 12.6. The molecular weight excluding hydrogens is 502 g/mol. The normalized spacial score (nSPS) is 15.1. The molecule has 0 radical (unpaired) electrons. The molecule has 39 heavy (non-hydrogen) atoms. The van der Waals surface area contributed by atoms with Crippen molar-refractivity contribution in [2.24, 2.45) is 17.8 Å². The molecule has 1 rings (SSSR count). The molecule has 0 bridgehead atoms. The summed E-state index contributed by atoms with van der Waals surface area (Å²) in [7, 11) is 0. The third-order valence-electron chi connectivity index (χ3n) is 6.63. The lowest BCUT2D eigenvalue weighted by Gasteiger charge is -2.33. The van der Waals surface area contributed by atoms with Gasteiger partial charge in [0, 0.05) is 31.7 Å². The summed E-state index contributed by atoms with van der Waals surface area (Å²) in [4.78, 5) is 50.3. The first-order valence-electron chi connectivity index (χ1n) is 14.0. The number of carboxylic acids is 1. The predicted molar refractivity (Wildman–Crippen MR) is 148 cm³/mol. The van der Waals surface area contributed by atoms with Crippen molar-refractivity contribution in [3.05, 3.63) is 23.8 Å². The molecule has 1 aromatic rings. The summed E-state index contributed by atoms with van der Waals surface area (Å²) in [6.07, 6.45) is 2.37. The molecule has 9 heteroatoms. The molecule has 0 saturated heterocycles. The predicted octanol–water partition coefficient (Wildman–Crippen LogP) is 5.67. The lowest BCUT2D eigenvalue weighted by Crippen LogP contribution is -2.59. The highest BCUT2D eigenvalue weighted by Gasteiger charge is 2.44. The van der Waals surface area contributed by atoms with E-state index < -0.39 is 29.6 Å². The third-order valence-corrected chi connectivity index (χ3v) is 6.63. The summed E-state index contributed by atoms with van der Waals surface area (Å²) >= 11 is 0. The number of carbonyl (C=O) groups excluding carboxylic acids is 3. The first-order chi connectivity index (χ1) is 18.2. The molecule has 0 spiro atoms. The smallest absolute Gasteiger partial charge is 0.364 e. The second-order valence-electron chi connectivity index (χ2n) is 11.0. The van der Waals surface area contributed by atoms with Crippen LogP contribution in [0.15, 0.2) is 18.2 Å². The number of carbonyl (C=O) groups is 4. The monoisotopic (exact) mass is 549 g/mol. The Morgan fingerprint density at radius 2 is 1.33 bits per heavy atom. The van der Waals surface area contributed by atoms with Gasteiger partial charge in [-0.1, -0.05) is 67.4 Å². The van der Waals surface area contributed by atoms with Crippen molar-refractivity contribution < 1.29 is 38.5 Å². The van der Waals surface area contributed by atoms with Crippen LogP contribution in [0.2, 0.25) is 0 Å². The van der Waals surface area contributed by atoms with Crippen molar-refractivity contribution in [3.8, 4) is 11.5 Å². The van der Waals surface area contributed by atoms with Gasteiger partial charge in [0.25, 0.3) is 5.72 Å².